The SMILES string of the molecule is CCOC(=O)[C@H](Cc1c(C)cc(C#N)cc1C)NC(=O)OC(C)(C)C. The maximum Gasteiger partial charge on any atom is 0.408 e. The lowest BCUT2D eigenvalue weighted by Crippen LogP contribution is -2.45. The van der Waals surface area contributed by atoms with Crippen LogP contribution in [0.1, 0.15) is 49.9 Å². The maximum absolute atomic E-state index is 12.2. The zero-order valence-electron chi connectivity index (χ0n) is 15.7. The molecule has 0 saturated heterocycles. The zero-order chi connectivity index (χ0) is 19.2. The number of alkyl carbamates (subject to hydrolysis) is 1. The smallest absolute Gasteiger partial charge is 0.408 e. The number of esters is 1. The van der Waals surface area contributed by atoms with E-state index in [9.17, 15) is 9.59 Å². The molecule has 25 heavy (non-hydrogen) atoms. The summed E-state index contributed by atoms with van der Waals surface area (Å²) in [5.74, 6) is -0.517. The molecule has 0 aliphatic heterocycles. The molecule has 0 fully saturated rings. The van der Waals surface area contributed by atoms with E-state index in [0.717, 1.165) is 16.7 Å². The average molecular weight is 346 g/mol. The molecule has 0 unspecified atom stereocenters. The second kappa shape index (κ2) is 8.52. The maximum atomic E-state index is 12.2. The number of nitrogens with zero attached hydrogens (tertiary/aromatic N) is 1. The fourth-order valence-corrected chi connectivity index (χ4v) is 2.47. The van der Waals surface area contributed by atoms with Crippen LogP contribution in [0.5, 0.6) is 0 Å². The number of rotatable bonds is 5. The van der Waals surface area contributed by atoms with Crippen LogP contribution in [-0.4, -0.2) is 30.3 Å². The summed E-state index contributed by atoms with van der Waals surface area (Å²) in [5, 5.41) is 11.6. The number of aryl methyl sites for hydroxylation is 2. The van der Waals surface area contributed by atoms with Crippen LogP contribution in [0.25, 0.3) is 0 Å². The zero-order valence-corrected chi connectivity index (χ0v) is 15.7. The molecule has 1 atom stereocenters. The standard InChI is InChI=1S/C19H26N2O4/c1-7-24-17(22)16(21-18(23)25-19(4,5)6)10-15-12(2)8-14(11-20)9-13(15)3/h8-9,16H,7,10H2,1-6H3,(H,21,23)/t16-/m0/s1. The number of ether oxygens (including phenoxy) is 2. The van der Waals surface area contributed by atoms with E-state index in [4.69, 9.17) is 14.7 Å². The first-order chi connectivity index (χ1) is 11.6. The first-order valence-electron chi connectivity index (χ1n) is 8.23. The van der Waals surface area contributed by atoms with Gasteiger partial charge in [-0.25, -0.2) is 9.59 Å². The van der Waals surface area contributed by atoms with Crippen molar-refractivity contribution in [1.29, 1.82) is 5.26 Å². The van der Waals surface area contributed by atoms with Crippen LogP contribution in [0.4, 0.5) is 4.79 Å². The lowest BCUT2D eigenvalue weighted by atomic mass is 9.94. The Kier molecular flexibility index (Phi) is 6.98. The van der Waals surface area contributed by atoms with Gasteiger partial charge in [0.2, 0.25) is 0 Å². The molecule has 1 N–H and O–H groups in total. The van der Waals surface area contributed by atoms with E-state index in [0.29, 0.717) is 5.56 Å². The Hall–Kier alpha value is -2.55. The topological polar surface area (TPSA) is 88.4 Å². The Labute approximate surface area is 149 Å². The van der Waals surface area contributed by atoms with Crippen LogP contribution in [-0.2, 0) is 20.7 Å². The van der Waals surface area contributed by atoms with Gasteiger partial charge < -0.3 is 14.8 Å². The fraction of sp³-hybridized carbons (Fsp3) is 0.526. The summed E-state index contributed by atoms with van der Waals surface area (Å²) in [5.41, 5.74) is 2.57. The van der Waals surface area contributed by atoms with Crippen molar-refractivity contribution in [3.8, 4) is 6.07 Å². The molecule has 6 nitrogen and oxygen atoms in total. The second-order valence-electron chi connectivity index (χ2n) is 6.86. The van der Waals surface area contributed by atoms with Crippen molar-refractivity contribution in [3.63, 3.8) is 0 Å². The Bertz CT molecular complexity index is 661. The van der Waals surface area contributed by atoms with Gasteiger partial charge >= 0.3 is 12.1 Å². The minimum atomic E-state index is -0.861. The van der Waals surface area contributed by atoms with E-state index in [2.05, 4.69) is 11.4 Å². The lowest BCUT2D eigenvalue weighted by molar-refractivity contribution is -0.145. The molecule has 1 aromatic carbocycles. The van der Waals surface area contributed by atoms with E-state index in [1.807, 2.05) is 13.8 Å². The minimum absolute atomic E-state index is 0.219. The highest BCUT2D eigenvalue weighted by Gasteiger charge is 2.26. The molecule has 1 rings (SSSR count). The molecular formula is C19H26N2O4. The van der Waals surface area contributed by atoms with Crippen LogP contribution in [0.2, 0.25) is 0 Å². The fourth-order valence-electron chi connectivity index (χ4n) is 2.47. The van der Waals surface area contributed by atoms with Crippen LogP contribution >= 0.6 is 0 Å². The molecule has 0 saturated carbocycles. The molecular weight excluding hydrogens is 320 g/mol. The van der Waals surface area contributed by atoms with Gasteiger partial charge in [0.1, 0.15) is 11.6 Å². The number of hydrogen-bond acceptors (Lipinski definition) is 5. The van der Waals surface area contributed by atoms with Gasteiger partial charge in [-0.15, -0.1) is 0 Å². The van der Waals surface area contributed by atoms with Gasteiger partial charge in [-0.3, -0.25) is 0 Å². The molecule has 0 aliphatic rings. The quantitative estimate of drug-likeness (QED) is 0.827. The second-order valence-corrected chi connectivity index (χ2v) is 6.86. The van der Waals surface area contributed by atoms with Gasteiger partial charge in [0.05, 0.1) is 18.2 Å². The highest BCUT2D eigenvalue weighted by Crippen LogP contribution is 2.19. The van der Waals surface area contributed by atoms with Crippen molar-refractivity contribution in [2.45, 2.75) is 59.6 Å². The molecule has 136 valence electrons. The van der Waals surface area contributed by atoms with Gasteiger partial charge in [0.15, 0.2) is 0 Å². The number of nitrogens with one attached hydrogen (secondary N) is 1. The molecule has 0 bridgehead atoms. The summed E-state index contributed by atoms with van der Waals surface area (Å²) in [7, 11) is 0. The van der Waals surface area contributed by atoms with Crippen molar-refractivity contribution in [2.24, 2.45) is 0 Å². The predicted molar refractivity (Wildman–Crippen MR) is 94.1 cm³/mol. The van der Waals surface area contributed by atoms with Gasteiger partial charge in [-0.2, -0.15) is 5.26 Å². The van der Waals surface area contributed by atoms with Crippen molar-refractivity contribution >= 4 is 12.1 Å². The predicted octanol–water partition coefficient (Wildman–Crippen LogP) is 3.17. The molecule has 0 aliphatic carbocycles. The van der Waals surface area contributed by atoms with Gasteiger partial charge in [-0.1, -0.05) is 0 Å². The number of hydrogen-bond donors (Lipinski definition) is 1. The van der Waals surface area contributed by atoms with E-state index in [-0.39, 0.29) is 13.0 Å². The molecule has 6 heteroatoms. The summed E-state index contributed by atoms with van der Waals surface area (Å²) in [6.45, 7) is 10.9. The largest absolute Gasteiger partial charge is 0.464 e. The number of carbonyl (C=O) groups is 2. The van der Waals surface area contributed by atoms with E-state index in [1.54, 1.807) is 39.8 Å². The van der Waals surface area contributed by atoms with E-state index >= 15 is 0 Å². The van der Waals surface area contributed by atoms with Crippen molar-refractivity contribution in [3.05, 3.63) is 34.4 Å². The Morgan fingerprint density at radius 3 is 2.24 bits per heavy atom. The van der Waals surface area contributed by atoms with Crippen LogP contribution in [0, 0.1) is 25.2 Å². The highest BCUT2D eigenvalue weighted by molar-refractivity contribution is 5.82. The number of carbonyl (C=O) groups excluding carboxylic acids is 2. The number of benzene rings is 1. The molecule has 0 aromatic heterocycles. The molecule has 1 amide bonds. The monoisotopic (exact) mass is 346 g/mol. The molecule has 0 radical (unpaired) electrons. The Morgan fingerprint density at radius 2 is 1.80 bits per heavy atom. The summed E-state index contributed by atoms with van der Waals surface area (Å²) in [4.78, 5) is 24.3. The third-order valence-corrected chi connectivity index (χ3v) is 3.50. The number of nitriles is 1. The van der Waals surface area contributed by atoms with E-state index < -0.39 is 23.7 Å². The summed E-state index contributed by atoms with van der Waals surface area (Å²) < 4.78 is 10.3. The molecule has 1 aromatic rings. The van der Waals surface area contributed by atoms with Crippen LogP contribution < -0.4 is 5.32 Å². The summed E-state index contributed by atoms with van der Waals surface area (Å²) in [6.07, 6.45) is -0.406. The highest BCUT2D eigenvalue weighted by atomic mass is 16.6. The van der Waals surface area contributed by atoms with Crippen LogP contribution in [0.3, 0.4) is 0 Å². The van der Waals surface area contributed by atoms with E-state index in [1.165, 1.54) is 0 Å². The van der Waals surface area contributed by atoms with Gasteiger partial charge in [0, 0.05) is 6.42 Å². The average Bonchev–Trinajstić information content (AvgIpc) is 2.47. The van der Waals surface area contributed by atoms with Gasteiger partial charge in [-0.05, 0) is 70.4 Å². The summed E-state index contributed by atoms with van der Waals surface area (Å²) in [6, 6.07) is 4.77. The Balaban J connectivity index is 3.04. The first kappa shape index (κ1) is 20.5. The van der Waals surface area contributed by atoms with Crippen molar-refractivity contribution in [1.82, 2.24) is 5.32 Å². The lowest BCUT2D eigenvalue weighted by Gasteiger charge is -2.23. The van der Waals surface area contributed by atoms with Crippen molar-refractivity contribution in [2.75, 3.05) is 6.61 Å². The number of amides is 1. The summed E-state index contributed by atoms with van der Waals surface area (Å²) >= 11 is 0. The normalized spacial score (nSPS) is 12.0. The third kappa shape index (κ3) is 6.46. The minimum Gasteiger partial charge on any atom is -0.464 e. The molecule has 0 spiro atoms. The van der Waals surface area contributed by atoms with Gasteiger partial charge in [0.25, 0.3) is 0 Å². The van der Waals surface area contributed by atoms with Crippen molar-refractivity contribution < 1.29 is 19.1 Å². The van der Waals surface area contributed by atoms with Crippen LogP contribution in [0.15, 0.2) is 12.1 Å². The third-order valence-electron chi connectivity index (χ3n) is 3.50. The molecule has 0 heterocycles. The first-order valence-corrected chi connectivity index (χ1v) is 8.23. The Morgan fingerprint density at radius 1 is 1.24 bits per heavy atom.